The third-order valence-corrected chi connectivity index (χ3v) is 4.89. The normalized spacial score (nSPS) is 53.9. The minimum atomic E-state index is 0.376. The summed E-state index contributed by atoms with van der Waals surface area (Å²) in [6.45, 7) is 2.13. The van der Waals surface area contributed by atoms with Crippen LogP contribution in [0.1, 0.15) is 39.0 Å². The van der Waals surface area contributed by atoms with Crippen molar-refractivity contribution in [3.05, 3.63) is 0 Å². The molecule has 3 fully saturated rings. The number of rotatable bonds is 0. The lowest BCUT2D eigenvalue weighted by Crippen LogP contribution is -2.34. The molecule has 0 saturated heterocycles. The molecule has 0 amide bonds. The largest absolute Gasteiger partial charge is 0.299 e. The van der Waals surface area contributed by atoms with E-state index < -0.39 is 0 Å². The zero-order valence-corrected chi connectivity index (χ0v) is 8.33. The third kappa shape index (κ3) is 1.02. The molecule has 2 bridgehead atoms. The van der Waals surface area contributed by atoms with Crippen LogP contribution in [-0.4, -0.2) is 5.78 Å². The van der Waals surface area contributed by atoms with Crippen molar-refractivity contribution in [1.82, 2.24) is 0 Å². The minimum absolute atomic E-state index is 0.376. The van der Waals surface area contributed by atoms with Gasteiger partial charge in [-0.15, -0.1) is 0 Å². The predicted molar refractivity (Wildman–Crippen MR) is 51.2 cm³/mol. The number of Topliss-reactive ketones (excluding diaryl/α,β-unsaturated/α-hetero) is 1. The lowest BCUT2D eigenvalue weighted by atomic mass is 9.67. The molecule has 1 nitrogen and oxygen atoms in total. The summed E-state index contributed by atoms with van der Waals surface area (Å²) in [7, 11) is 0. The van der Waals surface area contributed by atoms with Crippen LogP contribution in [-0.2, 0) is 4.79 Å². The van der Waals surface area contributed by atoms with Crippen molar-refractivity contribution in [1.29, 1.82) is 0 Å². The first-order valence-electron chi connectivity index (χ1n) is 5.78. The summed E-state index contributed by atoms with van der Waals surface area (Å²) < 4.78 is 0. The molecule has 13 heavy (non-hydrogen) atoms. The highest BCUT2D eigenvalue weighted by molar-refractivity contribution is 5.81. The molecule has 0 spiro atoms. The Morgan fingerprint density at radius 2 is 1.77 bits per heavy atom. The van der Waals surface area contributed by atoms with Gasteiger partial charge in [0.15, 0.2) is 0 Å². The Morgan fingerprint density at radius 3 is 2.54 bits per heavy atom. The molecule has 0 aliphatic heterocycles. The summed E-state index contributed by atoms with van der Waals surface area (Å²) in [4.78, 5) is 11.6. The standard InChI is InChI=1S/C12H18O/c1-7-4-10-8-2-3-9(5-8)11(10)6-12(7)13/h7-11H,2-6H2,1H3/t7?,8-,9+,10?,11?/m1/s1. The fourth-order valence-electron chi connectivity index (χ4n) is 4.19. The summed E-state index contributed by atoms with van der Waals surface area (Å²) in [5.74, 6) is 4.61. The second-order valence-corrected chi connectivity index (χ2v) is 5.47. The second-order valence-electron chi connectivity index (χ2n) is 5.47. The minimum Gasteiger partial charge on any atom is -0.299 e. The van der Waals surface area contributed by atoms with Crippen LogP contribution >= 0.6 is 0 Å². The summed E-state index contributed by atoms with van der Waals surface area (Å²) in [6.07, 6.45) is 6.48. The molecule has 0 aromatic rings. The number of hydrogen-bond acceptors (Lipinski definition) is 1. The maximum absolute atomic E-state index is 11.6. The van der Waals surface area contributed by atoms with Crippen molar-refractivity contribution in [2.24, 2.45) is 29.6 Å². The number of carbonyl (C=O) groups excluding carboxylic acids is 1. The smallest absolute Gasteiger partial charge is 0.136 e. The molecule has 0 heterocycles. The Bertz CT molecular complexity index is 246. The van der Waals surface area contributed by atoms with Gasteiger partial charge in [0, 0.05) is 12.3 Å². The van der Waals surface area contributed by atoms with Gasteiger partial charge in [-0.05, 0) is 49.4 Å². The van der Waals surface area contributed by atoms with Crippen LogP contribution in [0.25, 0.3) is 0 Å². The predicted octanol–water partition coefficient (Wildman–Crippen LogP) is 2.65. The molecule has 3 unspecified atom stereocenters. The van der Waals surface area contributed by atoms with Gasteiger partial charge in [-0.3, -0.25) is 4.79 Å². The Hall–Kier alpha value is -0.330. The summed E-state index contributed by atoms with van der Waals surface area (Å²) in [6, 6.07) is 0. The summed E-state index contributed by atoms with van der Waals surface area (Å²) in [5.41, 5.74) is 0. The van der Waals surface area contributed by atoms with Gasteiger partial charge in [0.2, 0.25) is 0 Å². The molecule has 72 valence electrons. The topological polar surface area (TPSA) is 17.1 Å². The van der Waals surface area contributed by atoms with E-state index >= 15 is 0 Å². The van der Waals surface area contributed by atoms with Crippen molar-refractivity contribution in [2.75, 3.05) is 0 Å². The zero-order valence-electron chi connectivity index (χ0n) is 8.33. The van der Waals surface area contributed by atoms with Crippen molar-refractivity contribution in [3.8, 4) is 0 Å². The van der Waals surface area contributed by atoms with Gasteiger partial charge in [0.1, 0.15) is 5.78 Å². The Morgan fingerprint density at radius 1 is 1.08 bits per heavy atom. The maximum Gasteiger partial charge on any atom is 0.136 e. The highest BCUT2D eigenvalue weighted by Gasteiger charge is 2.50. The molecule has 3 aliphatic carbocycles. The maximum atomic E-state index is 11.6. The second kappa shape index (κ2) is 2.59. The van der Waals surface area contributed by atoms with Gasteiger partial charge in [-0.1, -0.05) is 6.92 Å². The molecule has 1 heteroatoms. The number of ketones is 1. The molecule has 5 atom stereocenters. The fourth-order valence-corrected chi connectivity index (χ4v) is 4.19. The molecule has 3 rings (SSSR count). The van der Waals surface area contributed by atoms with Gasteiger partial charge in [0.25, 0.3) is 0 Å². The van der Waals surface area contributed by atoms with Crippen molar-refractivity contribution in [2.45, 2.75) is 39.0 Å². The lowest BCUT2D eigenvalue weighted by molar-refractivity contribution is -0.127. The zero-order chi connectivity index (χ0) is 9.00. The Balaban J connectivity index is 1.84. The van der Waals surface area contributed by atoms with Crippen molar-refractivity contribution < 1.29 is 4.79 Å². The van der Waals surface area contributed by atoms with E-state index in [2.05, 4.69) is 6.92 Å². The number of hydrogen-bond donors (Lipinski definition) is 0. The van der Waals surface area contributed by atoms with Crippen LogP contribution in [0.3, 0.4) is 0 Å². The average Bonchev–Trinajstić information content (AvgIpc) is 2.67. The quantitative estimate of drug-likeness (QED) is 0.557. The molecular weight excluding hydrogens is 160 g/mol. The molecule has 3 saturated carbocycles. The van der Waals surface area contributed by atoms with E-state index in [4.69, 9.17) is 0 Å². The van der Waals surface area contributed by atoms with Gasteiger partial charge < -0.3 is 0 Å². The molecule has 0 aromatic carbocycles. The van der Waals surface area contributed by atoms with E-state index in [-0.39, 0.29) is 0 Å². The Kier molecular flexibility index (Phi) is 1.59. The van der Waals surface area contributed by atoms with Crippen LogP contribution in [0.2, 0.25) is 0 Å². The highest BCUT2D eigenvalue weighted by Crippen LogP contribution is 2.57. The SMILES string of the molecule is CC1CC2C(CC1=O)[C@H]1CC[C@@H]2C1. The first-order valence-corrected chi connectivity index (χ1v) is 5.78. The molecule has 0 aromatic heterocycles. The monoisotopic (exact) mass is 178 g/mol. The van der Waals surface area contributed by atoms with Gasteiger partial charge in [-0.2, -0.15) is 0 Å². The van der Waals surface area contributed by atoms with Crippen molar-refractivity contribution >= 4 is 5.78 Å². The molecule has 0 N–H and O–H groups in total. The van der Waals surface area contributed by atoms with E-state index in [0.29, 0.717) is 11.7 Å². The van der Waals surface area contributed by atoms with E-state index in [0.717, 1.165) is 30.1 Å². The van der Waals surface area contributed by atoms with Gasteiger partial charge >= 0.3 is 0 Å². The third-order valence-electron chi connectivity index (χ3n) is 4.89. The first kappa shape index (κ1) is 8.02. The van der Waals surface area contributed by atoms with Gasteiger partial charge in [0.05, 0.1) is 0 Å². The number of fused-ring (bicyclic) bond motifs is 5. The summed E-state index contributed by atoms with van der Waals surface area (Å²) >= 11 is 0. The van der Waals surface area contributed by atoms with Crippen LogP contribution in [0.5, 0.6) is 0 Å². The van der Waals surface area contributed by atoms with Crippen LogP contribution in [0.15, 0.2) is 0 Å². The van der Waals surface area contributed by atoms with Gasteiger partial charge in [-0.25, -0.2) is 0 Å². The average molecular weight is 178 g/mol. The van der Waals surface area contributed by atoms with E-state index in [9.17, 15) is 4.79 Å². The van der Waals surface area contributed by atoms with E-state index in [1.807, 2.05) is 0 Å². The van der Waals surface area contributed by atoms with E-state index in [1.165, 1.54) is 25.7 Å². The van der Waals surface area contributed by atoms with Crippen LogP contribution < -0.4 is 0 Å². The summed E-state index contributed by atoms with van der Waals surface area (Å²) in [5, 5.41) is 0. The first-order chi connectivity index (χ1) is 6.25. The molecule has 3 aliphatic rings. The van der Waals surface area contributed by atoms with Crippen molar-refractivity contribution in [3.63, 3.8) is 0 Å². The van der Waals surface area contributed by atoms with E-state index in [1.54, 1.807) is 0 Å². The molecule has 0 radical (unpaired) electrons. The Labute approximate surface area is 79.9 Å². The lowest BCUT2D eigenvalue weighted by Gasteiger charge is -2.36. The number of carbonyl (C=O) groups is 1. The fraction of sp³-hybridized carbons (Fsp3) is 0.917. The van der Waals surface area contributed by atoms with Crippen LogP contribution in [0, 0.1) is 29.6 Å². The highest BCUT2D eigenvalue weighted by atomic mass is 16.1. The van der Waals surface area contributed by atoms with Crippen LogP contribution in [0.4, 0.5) is 0 Å². The molecular formula is C12H18O.